The lowest BCUT2D eigenvalue weighted by Crippen LogP contribution is -2.29. The lowest BCUT2D eigenvalue weighted by molar-refractivity contribution is -0.132. The van der Waals surface area contributed by atoms with Gasteiger partial charge in [0, 0.05) is 11.3 Å². The molecule has 3 aromatic carbocycles. The van der Waals surface area contributed by atoms with Crippen LogP contribution in [-0.2, 0) is 15.3 Å². The number of methoxy groups -OCH3 is 1. The first-order valence-electron chi connectivity index (χ1n) is 13.8. The Morgan fingerprint density at radius 1 is 1.02 bits per heavy atom. The van der Waals surface area contributed by atoms with Gasteiger partial charge in [0.05, 0.1) is 25.3 Å². The molecular weight excluding hydrogens is 590 g/mol. The van der Waals surface area contributed by atoms with Crippen molar-refractivity contribution in [3.05, 3.63) is 101 Å². The molecule has 0 bridgehead atoms. The maximum Gasteiger partial charge on any atom is 0.301 e. The Kier molecular flexibility index (Phi) is 9.73. The third-order valence-corrected chi connectivity index (χ3v) is 9.00. The molecule has 1 aliphatic heterocycles. The number of aliphatic hydroxyl groups is 1. The molecule has 11 heteroatoms. The first kappa shape index (κ1) is 30.2. The van der Waals surface area contributed by atoms with Crippen molar-refractivity contribution < 1.29 is 28.6 Å². The summed E-state index contributed by atoms with van der Waals surface area (Å²) < 4.78 is 25.0. The normalized spacial score (nSPS) is 16.1. The fourth-order valence-electron chi connectivity index (χ4n) is 4.65. The minimum Gasteiger partial charge on any atom is -0.507 e. The molecule has 0 saturated carbocycles. The molecule has 1 aromatic heterocycles. The maximum atomic E-state index is 13.6. The van der Waals surface area contributed by atoms with Crippen LogP contribution >= 0.6 is 23.1 Å². The molecule has 0 aliphatic carbocycles. The summed E-state index contributed by atoms with van der Waals surface area (Å²) in [6, 6.07) is 19.0. The lowest BCUT2D eigenvalue weighted by atomic mass is 9.95. The number of Topliss-reactive ketones (excluding diaryl/α,β-unsaturated/α-hetero) is 1. The number of rotatable bonds is 12. The van der Waals surface area contributed by atoms with Crippen LogP contribution in [0.4, 0.5) is 9.52 Å². The van der Waals surface area contributed by atoms with E-state index in [1.165, 1.54) is 35.9 Å². The van der Waals surface area contributed by atoms with Crippen molar-refractivity contribution in [1.82, 2.24) is 10.2 Å². The number of anilines is 1. The van der Waals surface area contributed by atoms with Crippen molar-refractivity contribution in [3.8, 4) is 11.5 Å². The van der Waals surface area contributed by atoms with E-state index in [0.29, 0.717) is 39.3 Å². The molecule has 4 aromatic rings. The van der Waals surface area contributed by atoms with Gasteiger partial charge in [-0.15, -0.1) is 10.2 Å². The van der Waals surface area contributed by atoms with Crippen LogP contribution in [0.1, 0.15) is 48.9 Å². The minimum atomic E-state index is -0.968. The van der Waals surface area contributed by atoms with Crippen LogP contribution in [0.2, 0.25) is 0 Å². The highest BCUT2D eigenvalue weighted by Crippen LogP contribution is 2.44. The van der Waals surface area contributed by atoms with Gasteiger partial charge in [-0.25, -0.2) is 4.39 Å². The summed E-state index contributed by atoms with van der Waals surface area (Å²) >= 11 is 2.55. The zero-order valence-electron chi connectivity index (χ0n) is 23.7. The van der Waals surface area contributed by atoms with Gasteiger partial charge in [0.15, 0.2) is 4.34 Å². The SMILES string of the molecule is CCCCCOc1cccc(C2/C(=C(\O)c3ccc(OC)cc3)C(=O)C(=O)N2c2nnc(SCc3ccc(F)cc3)s2)c1. The summed E-state index contributed by atoms with van der Waals surface area (Å²) in [5.41, 5.74) is 1.79. The zero-order valence-corrected chi connectivity index (χ0v) is 25.3. The third kappa shape index (κ3) is 6.89. The summed E-state index contributed by atoms with van der Waals surface area (Å²) in [7, 11) is 1.53. The molecule has 1 unspecified atom stereocenters. The summed E-state index contributed by atoms with van der Waals surface area (Å²) in [5.74, 6) is -0.571. The quantitative estimate of drug-likeness (QED) is 0.0445. The van der Waals surface area contributed by atoms with Gasteiger partial charge in [0.1, 0.15) is 23.1 Å². The first-order valence-corrected chi connectivity index (χ1v) is 15.6. The molecule has 0 radical (unpaired) electrons. The summed E-state index contributed by atoms with van der Waals surface area (Å²) in [6.07, 6.45) is 3.01. The molecule has 43 heavy (non-hydrogen) atoms. The van der Waals surface area contributed by atoms with Gasteiger partial charge < -0.3 is 14.6 Å². The fourth-order valence-corrected chi connectivity index (χ4v) is 6.47. The average Bonchev–Trinajstić information content (AvgIpc) is 3.60. The number of halogens is 1. The van der Waals surface area contributed by atoms with E-state index < -0.39 is 17.7 Å². The van der Waals surface area contributed by atoms with E-state index >= 15 is 0 Å². The van der Waals surface area contributed by atoms with Crippen molar-refractivity contribution in [2.24, 2.45) is 0 Å². The number of amides is 1. The molecular formula is C32H30FN3O5S2. The number of unbranched alkanes of at least 4 members (excludes halogenated alkanes) is 2. The molecule has 8 nitrogen and oxygen atoms in total. The predicted molar refractivity (Wildman–Crippen MR) is 165 cm³/mol. The van der Waals surface area contributed by atoms with Crippen LogP contribution in [-0.4, -0.2) is 40.7 Å². The van der Waals surface area contributed by atoms with E-state index in [2.05, 4.69) is 17.1 Å². The van der Waals surface area contributed by atoms with Gasteiger partial charge in [-0.3, -0.25) is 14.5 Å². The summed E-state index contributed by atoms with van der Waals surface area (Å²) in [5, 5.41) is 20.1. The molecule has 1 aliphatic rings. The number of carbonyl (C=O) groups is 2. The number of aromatic nitrogens is 2. The Hall–Kier alpha value is -4.22. The Morgan fingerprint density at radius 2 is 1.79 bits per heavy atom. The highest BCUT2D eigenvalue weighted by Gasteiger charge is 2.48. The summed E-state index contributed by atoms with van der Waals surface area (Å²) in [6.45, 7) is 2.65. The van der Waals surface area contributed by atoms with Crippen molar-refractivity contribution >= 4 is 45.7 Å². The van der Waals surface area contributed by atoms with E-state index in [0.717, 1.165) is 36.2 Å². The number of aliphatic hydroxyl groups excluding tert-OH is 1. The Balaban J connectivity index is 1.51. The van der Waals surface area contributed by atoms with Gasteiger partial charge in [-0.1, -0.05) is 67.1 Å². The van der Waals surface area contributed by atoms with Crippen LogP contribution in [0.3, 0.4) is 0 Å². The van der Waals surface area contributed by atoms with Crippen LogP contribution in [0, 0.1) is 5.82 Å². The average molecular weight is 620 g/mol. The number of hydrogen-bond acceptors (Lipinski definition) is 9. The number of carbonyl (C=O) groups excluding carboxylic acids is 2. The smallest absolute Gasteiger partial charge is 0.301 e. The fraction of sp³-hybridized carbons (Fsp3) is 0.250. The van der Waals surface area contributed by atoms with Gasteiger partial charge in [0.2, 0.25) is 5.13 Å². The number of ketones is 1. The zero-order chi connectivity index (χ0) is 30.3. The molecule has 222 valence electrons. The van der Waals surface area contributed by atoms with Crippen molar-refractivity contribution in [2.75, 3.05) is 18.6 Å². The Morgan fingerprint density at radius 3 is 2.51 bits per heavy atom. The lowest BCUT2D eigenvalue weighted by Gasteiger charge is -2.23. The van der Waals surface area contributed by atoms with E-state index in [1.807, 2.05) is 6.07 Å². The second-order valence-electron chi connectivity index (χ2n) is 9.79. The number of nitrogens with zero attached hydrogens (tertiary/aromatic N) is 3. The molecule has 2 heterocycles. The third-order valence-electron chi connectivity index (χ3n) is 6.88. The highest BCUT2D eigenvalue weighted by molar-refractivity contribution is 8.00. The minimum absolute atomic E-state index is 0.0611. The topological polar surface area (TPSA) is 102 Å². The van der Waals surface area contributed by atoms with E-state index in [-0.39, 0.29) is 22.3 Å². The van der Waals surface area contributed by atoms with Gasteiger partial charge in [-0.05, 0) is 66.1 Å². The number of thioether (sulfide) groups is 1. The second-order valence-corrected chi connectivity index (χ2v) is 12.0. The Labute approximate surface area is 257 Å². The van der Waals surface area contributed by atoms with E-state index in [4.69, 9.17) is 9.47 Å². The van der Waals surface area contributed by atoms with Crippen molar-refractivity contribution in [3.63, 3.8) is 0 Å². The Bertz CT molecular complexity index is 1620. The molecule has 1 fully saturated rings. The number of hydrogen-bond donors (Lipinski definition) is 1. The van der Waals surface area contributed by atoms with Crippen LogP contribution < -0.4 is 14.4 Å². The van der Waals surface area contributed by atoms with Crippen LogP contribution in [0.5, 0.6) is 11.5 Å². The molecule has 1 atom stereocenters. The highest BCUT2D eigenvalue weighted by atomic mass is 32.2. The largest absolute Gasteiger partial charge is 0.507 e. The second kappa shape index (κ2) is 13.8. The predicted octanol–water partition coefficient (Wildman–Crippen LogP) is 7.17. The summed E-state index contributed by atoms with van der Waals surface area (Å²) in [4.78, 5) is 28.4. The number of benzene rings is 3. The van der Waals surface area contributed by atoms with Gasteiger partial charge in [-0.2, -0.15) is 0 Å². The van der Waals surface area contributed by atoms with Crippen molar-refractivity contribution in [2.45, 2.75) is 42.3 Å². The number of ether oxygens (including phenoxy) is 2. The van der Waals surface area contributed by atoms with Crippen molar-refractivity contribution in [1.29, 1.82) is 0 Å². The molecule has 1 saturated heterocycles. The van der Waals surface area contributed by atoms with E-state index in [1.54, 1.807) is 54.6 Å². The first-order chi connectivity index (χ1) is 20.9. The van der Waals surface area contributed by atoms with Crippen LogP contribution in [0.15, 0.2) is 82.7 Å². The monoisotopic (exact) mass is 619 g/mol. The standard InChI is InChI=1S/C32H30FN3O5S2/c1-3-4-5-17-41-25-8-6-7-22(18-25)27-26(28(37)21-11-15-24(40-2)16-12-21)29(38)30(39)36(27)31-34-35-32(43-31)42-19-20-9-13-23(33)14-10-20/h6-16,18,27,37H,3-5,17,19H2,1-2H3/b28-26+. The van der Waals surface area contributed by atoms with Gasteiger partial charge >= 0.3 is 5.91 Å². The van der Waals surface area contributed by atoms with Gasteiger partial charge in [0.25, 0.3) is 5.78 Å². The molecule has 1 amide bonds. The molecule has 0 spiro atoms. The molecule has 5 rings (SSSR count). The van der Waals surface area contributed by atoms with Crippen LogP contribution in [0.25, 0.3) is 5.76 Å². The maximum absolute atomic E-state index is 13.6. The van der Waals surface area contributed by atoms with E-state index in [9.17, 15) is 19.1 Å². The molecule has 1 N–H and O–H groups in total.